The molecule has 0 amide bonds. The average Bonchev–Trinajstić information content (AvgIpc) is 3.07. The Morgan fingerprint density at radius 2 is 2.10 bits per heavy atom. The molecule has 4 rings (SSSR count). The summed E-state index contributed by atoms with van der Waals surface area (Å²) in [5.74, 6) is 1.22. The zero-order valence-electron chi connectivity index (χ0n) is 12.8. The molecule has 2 atom stereocenters. The molecule has 2 aliphatic rings. The summed E-state index contributed by atoms with van der Waals surface area (Å²) in [5, 5.41) is 0. The molecule has 0 radical (unpaired) electrons. The highest BCUT2D eigenvalue weighted by atomic mass is 15.3. The molecule has 2 aromatic rings. The summed E-state index contributed by atoms with van der Waals surface area (Å²) >= 11 is 0. The summed E-state index contributed by atoms with van der Waals surface area (Å²) in [6.45, 7) is 4.73. The van der Waals surface area contributed by atoms with Gasteiger partial charge in [0.1, 0.15) is 5.82 Å². The van der Waals surface area contributed by atoms with Crippen molar-refractivity contribution in [2.24, 2.45) is 0 Å². The molecule has 2 N–H and O–H groups in total. The van der Waals surface area contributed by atoms with Crippen molar-refractivity contribution in [1.29, 1.82) is 0 Å². The maximum Gasteiger partial charge on any atom is 0.109 e. The Balaban J connectivity index is 1.81. The smallest absolute Gasteiger partial charge is 0.109 e. The maximum absolute atomic E-state index is 5.93. The highest BCUT2D eigenvalue weighted by Crippen LogP contribution is 2.38. The zero-order chi connectivity index (χ0) is 14.4. The molecule has 0 aliphatic carbocycles. The molecule has 1 aromatic carbocycles. The van der Waals surface area contributed by atoms with Crippen LogP contribution in [0, 0.1) is 0 Å². The number of nitrogens with two attached hydrogens (primary N) is 1. The van der Waals surface area contributed by atoms with Crippen LogP contribution in [0.25, 0.3) is 11.0 Å². The third kappa shape index (κ3) is 2.04. The number of nitrogen functional groups attached to an aromatic ring is 1. The second-order valence-corrected chi connectivity index (χ2v) is 6.45. The minimum absolute atomic E-state index is 0.592. The molecule has 1 aromatic heterocycles. The number of anilines is 1. The van der Waals surface area contributed by atoms with E-state index in [4.69, 9.17) is 10.7 Å². The van der Waals surface area contributed by atoms with Gasteiger partial charge >= 0.3 is 0 Å². The van der Waals surface area contributed by atoms with E-state index in [0.717, 1.165) is 17.6 Å². The minimum atomic E-state index is 0.592. The quantitative estimate of drug-likeness (QED) is 0.862. The summed E-state index contributed by atoms with van der Waals surface area (Å²) in [6.07, 6.45) is 6.32. The van der Waals surface area contributed by atoms with Crippen LogP contribution in [-0.4, -0.2) is 33.6 Å². The lowest BCUT2D eigenvalue weighted by atomic mass is 9.98. The molecular weight excluding hydrogens is 260 g/mol. The molecule has 4 heteroatoms. The fourth-order valence-electron chi connectivity index (χ4n) is 4.31. The van der Waals surface area contributed by atoms with Gasteiger partial charge in [0.25, 0.3) is 0 Å². The molecular formula is C17H24N4. The number of rotatable bonds is 2. The van der Waals surface area contributed by atoms with E-state index in [1.165, 1.54) is 50.1 Å². The predicted octanol–water partition coefficient (Wildman–Crippen LogP) is 2.98. The van der Waals surface area contributed by atoms with E-state index >= 15 is 0 Å². The van der Waals surface area contributed by atoms with Gasteiger partial charge in [-0.3, -0.25) is 4.90 Å². The van der Waals surface area contributed by atoms with Crippen molar-refractivity contribution in [3.05, 3.63) is 24.0 Å². The van der Waals surface area contributed by atoms with Gasteiger partial charge < -0.3 is 10.3 Å². The van der Waals surface area contributed by atoms with Crippen molar-refractivity contribution in [2.75, 3.05) is 18.8 Å². The van der Waals surface area contributed by atoms with Gasteiger partial charge in [0, 0.05) is 24.7 Å². The van der Waals surface area contributed by atoms with Crippen molar-refractivity contribution in [3.63, 3.8) is 0 Å². The van der Waals surface area contributed by atoms with Crippen molar-refractivity contribution in [3.8, 4) is 0 Å². The van der Waals surface area contributed by atoms with Gasteiger partial charge in [-0.1, -0.05) is 13.3 Å². The van der Waals surface area contributed by atoms with Crippen LogP contribution in [0.3, 0.4) is 0 Å². The van der Waals surface area contributed by atoms with Crippen molar-refractivity contribution in [2.45, 2.75) is 51.1 Å². The number of hydrogen-bond donors (Lipinski definition) is 1. The van der Waals surface area contributed by atoms with Crippen LogP contribution in [0.2, 0.25) is 0 Å². The van der Waals surface area contributed by atoms with Crippen LogP contribution in [0.1, 0.15) is 44.5 Å². The molecule has 2 unspecified atom stereocenters. The lowest BCUT2D eigenvalue weighted by molar-refractivity contribution is 0.173. The monoisotopic (exact) mass is 284 g/mol. The van der Waals surface area contributed by atoms with E-state index in [1.54, 1.807) is 0 Å². The number of aromatic nitrogens is 2. The van der Waals surface area contributed by atoms with E-state index in [1.807, 2.05) is 12.1 Å². The second kappa shape index (κ2) is 5.02. The third-order valence-corrected chi connectivity index (χ3v) is 5.25. The lowest BCUT2D eigenvalue weighted by Gasteiger charge is -2.33. The van der Waals surface area contributed by atoms with Crippen LogP contribution in [0.5, 0.6) is 0 Å². The predicted molar refractivity (Wildman–Crippen MR) is 86.4 cm³/mol. The van der Waals surface area contributed by atoms with Crippen LogP contribution < -0.4 is 5.73 Å². The van der Waals surface area contributed by atoms with Gasteiger partial charge in [-0.15, -0.1) is 0 Å². The number of benzene rings is 1. The van der Waals surface area contributed by atoms with E-state index in [9.17, 15) is 0 Å². The van der Waals surface area contributed by atoms with Crippen LogP contribution in [0.4, 0.5) is 5.69 Å². The van der Waals surface area contributed by atoms with Crippen molar-refractivity contribution >= 4 is 16.7 Å². The van der Waals surface area contributed by atoms with E-state index in [0.29, 0.717) is 12.1 Å². The Morgan fingerprint density at radius 1 is 1.19 bits per heavy atom. The Hall–Kier alpha value is -1.55. The molecule has 21 heavy (non-hydrogen) atoms. The van der Waals surface area contributed by atoms with Gasteiger partial charge in [0.15, 0.2) is 0 Å². The van der Waals surface area contributed by atoms with Gasteiger partial charge in [0.2, 0.25) is 0 Å². The minimum Gasteiger partial charge on any atom is -0.399 e. The summed E-state index contributed by atoms with van der Waals surface area (Å²) in [5.41, 5.74) is 9.05. The molecule has 2 fully saturated rings. The largest absolute Gasteiger partial charge is 0.399 e. The summed E-state index contributed by atoms with van der Waals surface area (Å²) in [7, 11) is 0. The first-order valence-electron chi connectivity index (χ1n) is 8.28. The standard InChI is InChI=1S/C17H24N4/c1-2-17-19-13-11-12(18)6-7-14(13)21(17)16-8-10-20-9-4-3-5-15(16)20/h6-7,11,15-16H,2-5,8-10,18H2,1H3. The van der Waals surface area contributed by atoms with E-state index in [2.05, 4.69) is 22.5 Å². The fourth-order valence-corrected chi connectivity index (χ4v) is 4.31. The number of imidazole rings is 1. The zero-order valence-corrected chi connectivity index (χ0v) is 12.8. The molecule has 112 valence electrons. The number of fused-ring (bicyclic) bond motifs is 2. The van der Waals surface area contributed by atoms with Gasteiger partial charge in [0.05, 0.1) is 17.1 Å². The first-order chi connectivity index (χ1) is 10.3. The molecule has 0 spiro atoms. The van der Waals surface area contributed by atoms with E-state index in [-0.39, 0.29) is 0 Å². The normalized spacial score (nSPS) is 26.3. The Labute approximate surface area is 125 Å². The summed E-state index contributed by atoms with van der Waals surface area (Å²) in [6, 6.07) is 7.47. The highest BCUT2D eigenvalue weighted by Gasteiger charge is 2.37. The summed E-state index contributed by atoms with van der Waals surface area (Å²) in [4.78, 5) is 7.53. The Kier molecular flexibility index (Phi) is 3.14. The number of aryl methyl sites for hydroxylation is 1. The molecule has 0 bridgehead atoms. The maximum atomic E-state index is 5.93. The van der Waals surface area contributed by atoms with Crippen LogP contribution in [0.15, 0.2) is 18.2 Å². The molecule has 3 heterocycles. The first kappa shape index (κ1) is 13.1. The second-order valence-electron chi connectivity index (χ2n) is 6.45. The molecule has 0 saturated carbocycles. The molecule has 2 saturated heterocycles. The summed E-state index contributed by atoms with van der Waals surface area (Å²) < 4.78 is 2.52. The van der Waals surface area contributed by atoms with Crippen LogP contribution >= 0.6 is 0 Å². The number of nitrogens with zero attached hydrogens (tertiary/aromatic N) is 3. The number of piperidine rings is 1. The topological polar surface area (TPSA) is 47.1 Å². The van der Waals surface area contributed by atoms with Crippen LogP contribution in [-0.2, 0) is 6.42 Å². The van der Waals surface area contributed by atoms with Crippen molar-refractivity contribution in [1.82, 2.24) is 14.5 Å². The third-order valence-electron chi connectivity index (χ3n) is 5.25. The van der Waals surface area contributed by atoms with Gasteiger partial charge in [-0.2, -0.15) is 0 Å². The SMILES string of the molecule is CCc1nc2cc(N)ccc2n1C1CCN2CCCCC12. The van der Waals surface area contributed by atoms with E-state index < -0.39 is 0 Å². The average molecular weight is 284 g/mol. The van der Waals surface area contributed by atoms with Crippen molar-refractivity contribution < 1.29 is 0 Å². The lowest BCUT2D eigenvalue weighted by Crippen LogP contribution is -2.38. The van der Waals surface area contributed by atoms with Gasteiger partial charge in [-0.25, -0.2) is 4.98 Å². The Bertz CT molecular complexity index is 660. The molecule has 4 nitrogen and oxygen atoms in total. The number of hydrogen-bond acceptors (Lipinski definition) is 3. The first-order valence-corrected chi connectivity index (χ1v) is 8.28. The highest BCUT2D eigenvalue weighted by molar-refractivity contribution is 5.80. The Morgan fingerprint density at radius 3 is 2.95 bits per heavy atom. The van der Waals surface area contributed by atoms with Gasteiger partial charge in [-0.05, 0) is 44.0 Å². The molecule has 2 aliphatic heterocycles. The fraction of sp³-hybridized carbons (Fsp3) is 0.588.